The third-order valence-corrected chi connectivity index (χ3v) is 9.50. The molecule has 15 nitrogen and oxygen atoms in total. The van der Waals surface area contributed by atoms with E-state index in [2.05, 4.69) is 77.3 Å². The fraction of sp³-hybridized carbons (Fsp3) is 0.186. The maximum absolute atomic E-state index is 11.3. The van der Waals surface area contributed by atoms with E-state index < -0.39 is 0 Å². The third-order valence-electron chi connectivity index (χ3n) is 9.33. The summed E-state index contributed by atoms with van der Waals surface area (Å²) in [5, 5.41) is 61.4. The predicted octanol–water partition coefficient (Wildman–Crippen LogP) is 10.9. The first-order valence-corrected chi connectivity index (χ1v) is 18.9. The quantitative estimate of drug-likeness (QED) is 0.0450. The Kier molecular flexibility index (Phi) is 12.0. The number of hydrogen-bond acceptors (Lipinski definition) is 15. The van der Waals surface area contributed by atoms with Crippen LogP contribution < -0.4 is 25.4 Å². The fourth-order valence-electron chi connectivity index (χ4n) is 6.47. The summed E-state index contributed by atoms with van der Waals surface area (Å²) in [6.07, 6.45) is 0. The van der Waals surface area contributed by atoms with Gasteiger partial charge >= 0.3 is 0 Å². The zero-order chi connectivity index (χ0) is 41.6. The highest BCUT2D eigenvalue weighted by molar-refractivity contribution is 6.28. The second-order valence-corrected chi connectivity index (χ2v) is 14.0. The van der Waals surface area contributed by atoms with Crippen LogP contribution in [0.15, 0.2) is 105 Å². The van der Waals surface area contributed by atoms with Crippen molar-refractivity contribution in [2.75, 3.05) is 42.9 Å². The Morgan fingerprint density at radius 2 is 1.47 bits per heavy atom. The lowest BCUT2D eigenvalue weighted by molar-refractivity contribution is 0.311. The molecule has 0 aliphatic rings. The average molecular weight is 813 g/mol. The van der Waals surface area contributed by atoms with Crippen LogP contribution in [-0.2, 0) is 0 Å². The summed E-state index contributed by atoms with van der Waals surface area (Å²) >= 11 is 6.04. The monoisotopic (exact) mass is 812 g/mol. The molecule has 0 aliphatic carbocycles. The van der Waals surface area contributed by atoms with Crippen molar-refractivity contribution < 1.29 is 24.8 Å². The molecule has 1 heterocycles. The number of ether oxygens (including phenoxy) is 2. The van der Waals surface area contributed by atoms with Gasteiger partial charge in [0.25, 0.3) is 0 Å². The zero-order valence-electron chi connectivity index (χ0n) is 32.9. The summed E-state index contributed by atoms with van der Waals surface area (Å²) in [7, 11) is 1.49. The van der Waals surface area contributed by atoms with Crippen molar-refractivity contribution in [2.24, 2.45) is 20.5 Å². The molecule has 300 valence electrons. The molecule has 0 bridgehead atoms. The maximum Gasteiger partial charge on any atom is 0.233 e. The summed E-state index contributed by atoms with van der Waals surface area (Å²) in [5.41, 5.74) is 6.80. The normalized spacial score (nSPS) is 11.5. The number of anilines is 4. The SMILES string of the molecule is COc1cc(N=Nc2c(C)cc3cc(NCOc4ccc(Nc5nc(Cl)nc(NCCO)n5)c(C)c4)ccc3c2O)c(O)cc1N=Nc1ccc2c(C)cc(C)cc2c1. The van der Waals surface area contributed by atoms with Crippen LogP contribution in [0.5, 0.6) is 23.0 Å². The molecule has 7 aromatic rings. The Hall–Kier alpha value is -7.10. The highest BCUT2D eigenvalue weighted by Crippen LogP contribution is 2.43. The number of phenolic OH excluding ortho intramolecular Hbond substituents is 2. The average Bonchev–Trinajstić information content (AvgIpc) is 3.20. The summed E-state index contributed by atoms with van der Waals surface area (Å²) in [4.78, 5) is 12.4. The molecular formula is C43H41ClN10O5. The Labute approximate surface area is 344 Å². The van der Waals surface area contributed by atoms with Gasteiger partial charge in [-0.25, -0.2) is 0 Å². The van der Waals surface area contributed by atoms with E-state index in [1.165, 1.54) is 24.8 Å². The van der Waals surface area contributed by atoms with Crippen molar-refractivity contribution in [3.05, 3.63) is 112 Å². The number of hydrogen-bond donors (Lipinski definition) is 6. The van der Waals surface area contributed by atoms with Crippen molar-refractivity contribution in [3.63, 3.8) is 0 Å². The molecule has 59 heavy (non-hydrogen) atoms. The number of rotatable bonds is 14. The molecule has 0 saturated heterocycles. The third kappa shape index (κ3) is 9.38. The van der Waals surface area contributed by atoms with E-state index in [9.17, 15) is 10.2 Å². The van der Waals surface area contributed by atoms with Crippen LogP contribution in [-0.4, -0.2) is 57.3 Å². The summed E-state index contributed by atoms with van der Waals surface area (Å²) in [6.45, 7) is 8.25. The van der Waals surface area contributed by atoms with E-state index in [1.807, 2.05) is 68.4 Å². The van der Waals surface area contributed by atoms with Crippen LogP contribution in [0.3, 0.4) is 0 Å². The molecular weight excluding hydrogens is 772 g/mol. The molecule has 0 aliphatic heterocycles. The number of azo groups is 2. The molecule has 0 unspecified atom stereocenters. The van der Waals surface area contributed by atoms with Crippen LogP contribution >= 0.6 is 11.6 Å². The topological polar surface area (TPSA) is 203 Å². The molecule has 0 atom stereocenters. The number of phenols is 2. The number of methoxy groups -OCH3 is 1. The van der Waals surface area contributed by atoms with Crippen LogP contribution in [0.4, 0.5) is 46.0 Å². The number of fused-ring (bicyclic) bond motifs is 2. The van der Waals surface area contributed by atoms with E-state index in [-0.39, 0.29) is 59.9 Å². The first-order valence-electron chi connectivity index (χ1n) is 18.5. The first-order chi connectivity index (χ1) is 28.5. The Morgan fingerprint density at radius 3 is 2.27 bits per heavy atom. The van der Waals surface area contributed by atoms with Crippen LogP contribution in [0.1, 0.15) is 22.3 Å². The number of aromatic hydroxyl groups is 2. The van der Waals surface area contributed by atoms with Gasteiger partial charge in [-0.05, 0) is 127 Å². The minimum Gasteiger partial charge on any atom is -0.506 e. The smallest absolute Gasteiger partial charge is 0.233 e. The summed E-state index contributed by atoms with van der Waals surface area (Å²) < 4.78 is 11.5. The summed E-state index contributed by atoms with van der Waals surface area (Å²) in [5.74, 6) is 1.25. The van der Waals surface area contributed by atoms with Crippen LogP contribution in [0.2, 0.25) is 5.28 Å². The zero-order valence-corrected chi connectivity index (χ0v) is 33.6. The molecule has 6 aromatic carbocycles. The molecule has 0 saturated carbocycles. The van der Waals surface area contributed by atoms with Crippen molar-refractivity contribution in [3.8, 4) is 23.0 Å². The second-order valence-electron chi connectivity index (χ2n) is 13.7. The van der Waals surface area contributed by atoms with Crippen molar-refractivity contribution in [1.29, 1.82) is 0 Å². The van der Waals surface area contributed by atoms with E-state index in [0.717, 1.165) is 38.7 Å². The Balaban J connectivity index is 1.00. The van der Waals surface area contributed by atoms with Gasteiger partial charge in [-0.1, -0.05) is 23.8 Å². The summed E-state index contributed by atoms with van der Waals surface area (Å²) in [6, 6.07) is 26.0. The van der Waals surface area contributed by atoms with Gasteiger partial charge in [0, 0.05) is 35.4 Å². The Bertz CT molecular complexity index is 2760. The lowest BCUT2D eigenvalue weighted by atomic mass is 10.0. The minimum absolute atomic E-state index is 0.0140. The first kappa shape index (κ1) is 40.1. The van der Waals surface area contributed by atoms with Gasteiger partial charge < -0.3 is 40.7 Å². The number of nitrogens with zero attached hydrogens (tertiary/aromatic N) is 7. The molecule has 0 radical (unpaired) electrons. The number of aromatic nitrogens is 3. The molecule has 0 amide bonds. The molecule has 16 heteroatoms. The van der Waals surface area contributed by atoms with Gasteiger partial charge in [0.05, 0.1) is 19.4 Å². The molecule has 1 aromatic heterocycles. The van der Waals surface area contributed by atoms with Crippen LogP contribution in [0.25, 0.3) is 21.5 Å². The van der Waals surface area contributed by atoms with Crippen molar-refractivity contribution in [2.45, 2.75) is 27.7 Å². The number of aryl methyl sites for hydroxylation is 4. The maximum atomic E-state index is 11.3. The predicted molar refractivity (Wildman–Crippen MR) is 231 cm³/mol. The van der Waals surface area contributed by atoms with E-state index >= 15 is 0 Å². The molecule has 0 spiro atoms. The number of nitrogens with one attached hydrogen (secondary N) is 3. The minimum atomic E-state index is -0.182. The van der Waals surface area contributed by atoms with Crippen molar-refractivity contribution >= 4 is 79.2 Å². The molecule has 6 N–H and O–H groups in total. The van der Waals surface area contributed by atoms with E-state index in [4.69, 9.17) is 26.2 Å². The Morgan fingerprint density at radius 1 is 0.695 bits per heavy atom. The van der Waals surface area contributed by atoms with Crippen molar-refractivity contribution in [1.82, 2.24) is 15.0 Å². The lowest BCUT2D eigenvalue weighted by Gasteiger charge is -2.14. The highest BCUT2D eigenvalue weighted by atomic mass is 35.5. The standard InChI is InChI=1S/C43H41ClN10O5/c1-23-14-24(2)32-9-7-30(19-27(32)15-23)51-53-36-20-37(56)35(21-38(36)58-5)52-54-39-26(4)16-28-18-29(6-10-33(28)40(39)57)46-22-59-31-8-11-34(25(3)17-31)47-43-49-41(44)48-42(50-43)45-12-13-55/h6-11,14-21,46,55-57H,12-13,22H2,1-5H3,(H2,45,47,48,49,50). The van der Waals surface area contributed by atoms with E-state index in [1.54, 1.807) is 6.07 Å². The number of benzene rings is 6. The molecule has 0 fully saturated rings. The van der Waals surface area contributed by atoms with E-state index in [0.29, 0.717) is 33.8 Å². The van der Waals surface area contributed by atoms with Gasteiger partial charge in [0.15, 0.2) is 12.5 Å². The van der Waals surface area contributed by atoms with Gasteiger partial charge in [0.1, 0.15) is 34.3 Å². The number of aliphatic hydroxyl groups is 1. The fourth-order valence-corrected chi connectivity index (χ4v) is 6.63. The van der Waals surface area contributed by atoms with Gasteiger partial charge in [0.2, 0.25) is 17.2 Å². The lowest BCUT2D eigenvalue weighted by Crippen LogP contribution is -2.11. The number of aliphatic hydroxyl groups excluding tert-OH is 1. The second kappa shape index (κ2) is 17.6. The van der Waals surface area contributed by atoms with Gasteiger partial charge in [-0.15, -0.1) is 15.3 Å². The highest BCUT2D eigenvalue weighted by Gasteiger charge is 2.14. The van der Waals surface area contributed by atoms with Gasteiger partial charge in [-0.2, -0.15) is 20.1 Å². The molecule has 7 rings (SSSR count). The van der Waals surface area contributed by atoms with Crippen LogP contribution in [0, 0.1) is 27.7 Å². The largest absolute Gasteiger partial charge is 0.506 e. The number of halogens is 1. The van der Waals surface area contributed by atoms with Gasteiger partial charge in [-0.3, -0.25) is 0 Å².